The molecule has 0 aromatic rings. The van der Waals surface area contributed by atoms with Crippen LogP contribution in [0.3, 0.4) is 0 Å². The van der Waals surface area contributed by atoms with Crippen LogP contribution in [0.15, 0.2) is 0 Å². The van der Waals surface area contributed by atoms with E-state index in [4.69, 9.17) is 10.2 Å². The van der Waals surface area contributed by atoms with Crippen molar-refractivity contribution in [3.63, 3.8) is 0 Å². The number of hydrogen-bond donors (Lipinski definition) is 3. The molecule has 0 aromatic heterocycles. The Labute approximate surface area is 54.7 Å². The molecule has 1 rings (SSSR count). The summed E-state index contributed by atoms with van der Waals surface area (Å²) in [5.41, 5.74) is 0. The van der Waals surface area contributed by atoms with E-state index in [9.17, 15) is 0 Å². The maximum absolute atomic E-state index is 8.69. The Bertz CT molecular complexity index is 79.1. The summed E-state index contributed by atoms with van der Waals surface area (Å²) in [6, 6.07) is 0. The molecule has 3 heteroatoms. The van der Waals surface area contributed by atoms with Gasteiger partial charge in [0, 0.05) is 12.5 Å². The van der Waals surface area contributed by atoms with Crippen LogP contribution in [0.2, 0.25) is 0 Å². The second kappa shape index (κ2) is 3.15. The first-order valence-electron chi connectivity index (χ1n) is 3.37. The molecule has 0 unspecified atom stereocenters. The monoisotopic (exact) mass is 131 g/mol. The van der Waals surface area contributed by atoms with Gasteiger partial charge in [0.1, 0.15) is 0 Å². The molecule has 0 amide bonds. The Morgan fingerprint density at radius 3 is 2.56 bits per heavy atom. The Kier molecular flexibility index (Phi) is 2.45. The normalized spacial score (nSPS) is 29.0. The molecule has 1 saturated heterocycles. The van der Waals surface area contributed by atoms with Crippen LogP contribution >= 0.6 is 0 Å². The van der Waals surface area contributed by atoms with Gasteiger partial charge in [-0.15, -0.1) is 0 Å². The quantitative estimate of drug-likeness (QED) is 0.412. The highest BCUT2D eigenvalue weighted by atomic mass is 16.5. The van der Waals surface area contributed by atoms with Gasteiger partial charge in [0.2, 0.25) is 0 Å². The van der Waals surface area contributed by atoms with Gasteiger partial charge >= 0.3 is 0 Å². The molecule has 3 nitrogen and oxygen atoms in total. The third-order valence-corrected chi connectivity index (χ3v) is 1.76. The number of aliphatic hydroxyl groups excluding tert-OH is 1. The number of nitrogens with one attached hydrogen (secondary N) is 1. The van der Waals surface area contributed by atoms with Gasteiger partial charge in [-0.05, 0) is 19.4 Å². The summed E-state index contributed by atoms with van der Waals surface area (Å²) in [6.45, 7) is 1.76. The fourth-order valence-electron chi connectivity index (χ4n) is 1.13. The smallest absolute Gasteiger partial charge is 0.155 e. The highest BCUT2D eigenvalue weighted by molar-refractivity contribution is 4.69. The molecule has 3 N–H and O–H groups in total. The minimum atomic E-state index is -1.13. The highest BCUT2D eigenvalue weighted by Crippen LogP contribution is 2.11. The second-order valence-corrected chi connectivity index (χ2v) is 2.52. The summed E-state index contributed by atoms with van der Waals surface area (Å²) in [5, 5.41) is 20.5. The van der Waals surface area contributed by atoms with E-state index in [1.165, 1.54) is 0 Å². The van der Waals surface area contributed by atoms with Crippen LogP contribution in [0.25, 0.3) is 0 Å². The van der Waals surface area contributed by atoms with Crippen molar-refractivity contribution in [1.82, 2.24) is 5.32 Å². The van der Waals surface area contributed by atoms with Crippen LogP contribution in [0, 0.1) is 5.92 Å². The first kappa shape index (κ1) is 6.99. The lowest BCUT2D eigenvalue weighted by atomic mass is 9.99. The third kappa shape index (κ3) is 1.93. The fraction of sp³-hybridized carbons (Fsp3) is 1.00. The number of rotatable bonds is 1. The lowest BCUT2D eigenvalue weighted by Gasteiger charge is -2.23. The Morgan fingerprint density at radius 1 is 1.44 bits per heavy atom. The minimum absolute atomic E-state index is 0.0544. The third-order valence-electron chi connectivity index (χ3n) is 1.76. The van der Waals surface area contributed by atoms with Crippen molar-refractivity contribution in [1.29, 1.82) is 0 Å². The number of piperidine rings is 1. The van der Waals surface area contributed by atoms with E-state index in [0.29, 0.717) is 0 Å². The van der Waals surface area contributed by atoms with Crippen molar-refractivity contribution < 1.29 is 10.2 Å². The van der Waals surface area contributed by atoms with Gasteiger partial charge in [0.15, 0.2) is 6.29 Å². The molecule has 9 heavy (non-hydrogen) atoms. The Balaban J connectivity index is 2.23. The summed E-state index contributed by atoms with van der Waals surface area (Å²) in [7, 11) is 0. The lowest BCUT2D eigenvalue weighted by Crippen LogP contribution is -2.36. The van der Waals surface area contributed by atoms with Crippen molar-refractivity contribution in [2.45, 2.75) is 19.1 Å². The molecule has 54 valence electrons. The Morgan fingerprint density at radius 2 is 2.22 bits per heavy atom. The maximum atomic E-state index is 8.69. The SMILES string of the molecule is OC(O)[C@@H]1CCCNC1. The van der Waals surface area contributed by atoms with E-state index < -0.39 is 6.29 Å². The van der Waals surface area contributed by atoms with Crippen LogP contribution < -0.4 is 5.32 Å². The van der Waals surface area contributed by atoms with Gasteiger partial charge < -0.3 is 15.5 Å². The largest absolute Gasteiger partial charge is 0.368 e. The average Bonchev–Trinajstić information content (AvgIpc) is 1.90. The number of hydrogen-bond acceptors (Lipinski definition) is 3. The molecule has 1 fully saturated rings. The van der Waals surface area contributed by atoms with Crippen LogP contribution in [-0.2, 0) is 0 Å². The van der Waals surface area contributed by atoms with Gasteiger partial charge in [-0.3, -0.25) is 0 Å². The van der Waals surface area contributed by atoms with Crippen molar-refractivity contribution in [3.05, 3.63) is 0 Å². The summed E-state index contributed by atoms with van der Waals surface area (Å²) in [6.07, 6.45) is 0.866. The predicted octanol–water partition coefficient (Wildman–Crippen LogP) is -0.703. The van der Waals surface area contributed by atoms with E-state index in [0.717, 1.165) is 25.9 Å². The lowest BCUT2D eigenvalue weighted by molar-refractivity contribution is -0.0885. The van der Waals surface area contributed by atoms with E-state index >= 15 is 0 Å². The van der Waals surface area contributed by atoms with Crippen LogP contribution in [0.1, 0.15) is 12.8 Å². The molecule has 1 atom stereocenters. The molecule has 0 saturated carbocycles. The summed E-state index contributed by atoms with van der Waals surface area (Å²) in [4.78, 5) is 0. The van der Waals surface area contributed by atoms with E-state index in [2.05, 4.69) is 5.32 Å². The van der Waals surface area contributed by atoms with Crippen molar-refractivity contribution in [2.75, 3.05) is 13.1 Å². The highest BCUT2D eigenvalue weighted by Gasteiger charge is 2.18. The predicted molar refractivity (Wildman–Crippen MR) is 33.8 cm³/mol. The van der Waals surface area contributed by atoms with E-state index in [-0.39, 0.29) is 5.92 Å². The van der Waals surface area contributed by atoms with Crippen LogP contribution in [0.5, 0.6) is 0 Å². The minimum Gasteiger partial charge on any atom is -0.368 e. The molecule has 0 spiro atoms. The van der Waals surface area contributed by atoms with Crippen molar-refractivity contribution in [2.24, 2.45) is 5.92 Å². The molecule has 0 aromatic carbocycles. The molecular weight excluding hydrogens is 118 g/mol. The van der Waals surface area contributed by atoms with Gasteiger partial charge in [-0.2, -0.15) is 0 Å². The zero-order valence-electron chi connectivity index (χ0n) is 5.38. The molecule has 1 aliphatic heterocycles. The van der Waals surface area contributed by atoms with Crippen LogP contribution in [0.4, 0.5) is 0 Å². The molecule has 0 aliphatic carbocycles. The first-order valence-corrected chi connectivity index (χ1v) is 3.37. The standard InChI is InChI=1S/C6H13NO2/c8-6(9)5-2-1-3-7-4-5/h5-9H,1-4H2/t5-/m1/s1. The number of aliphatic hydroxyl groups is 2. The average molecular weight is 131 g/mol. The van der Waals surface area contributed by atoms with Gasteiger partial charge in [-0.1, -0.05) is 0 Å². The molecule has 1 aliphatic rings. The molecule has 1 heterocycles. The summed E-state index contributed by atoms with van der Waals surface area (Å²) >= 11 is 0. The molecule has 0 radical (unpaired) electrons. The van der Waals surface area contributed by atoms with E-state index in [1.54, 1.807) is 0 Å². The van der Waals surface area contributed by atoms with Gasteiger partial charge in [-0.25, -0.2) is 0 Å². The molecular formula is C6H13NO2. The maximum Gasteiger partial charge on any atom is 0.155 e. The molecule has 0 bridgehead atoms. The van der Waals surface area contributed by atoms with Crippen molar-refractivity contribution >= 4 is 0 Å². The topological polar surface area (TPSA) is 52.5 Å². The van der Waals surface area contributed by atoms with Gasteiger partial charge in [0.05, 0.1) is 0 Å². The van der Waals surface area contributed by atoms with Crippen LogP contribution in [-0.4, -0.2) is 29.6 Å². The Hall–Kier alpha value is -0.120. The second-order valence-electron chi connectivity index (χ2n) is 2.52. The zero-order chi connectivity index (χ0) is 6.69. The summed E-state index contributed by atoms with van der Waals surface area (Å²) < 4.78 is 0. The fourth-order valence-corrected chi connectivity index (χ4v) is 1.13. The van der Waals surface area contributed by atoms with Gasteiger partial charge in [0.25, 0.3) is 0 Å². The summed E-state index contributed by atoms with van der Waals surface area (Å²) in [5.74, 6) is 0.0544. The van der Waals surface area contributed by atoms with Crippen molar-refractivity contribution in [3.8, 4) is 0 Å². The van der Waals surface area contributed by atoms with E-state index in [1.807, 2.05) is 0 Å². The zero-order valence-corrected chi connectivity index (χ0v) is 5.38. The first-order chi connectivity index (χ1) is 4.30.